The van der Waals surface area contributed by atoms with Crippen LogP contribution in [0, 0.1) is 0 Å². The van der Waals surface area contributed by atoms with E-state index in [1.54, 1.807) is 17.1 Å². The highest BCUT2D eigenvalue weighted by Gasteiger charge is 2.30. The van der Waals surface area contributed by atoms with E-state index >= 15 is 0 Å². The molecule has 1 aliphatic carbocycles. The number of pyridine rings is 1. The Kier molecular flexibility index (Phi) is 5.40. The highest BCUT2D eigenvalue weighted by molar-refractivity contribution is 6.54. The van der Waals surface area contributed by atoms with Gasteiger partial charge in [-0.2, -0.15) is 5.10 Å². The van der Waals surface area contributed by atoms with Crippen LogP contribution in [0.3, 0.4) is 0 Å². The first-order chi connectivity index (χ1) is 13.9. The number of aryl methyl sites for hydroxylation is 1. The quantitative estimate of drug-likeness (QED) is 0.756. The molecular formula is C19H20ClF2N5O2. The van der Waals surface area contributed by atoms with Crippen LogP contribution in [-0.2, 0) is 18.2 Å². The molecule has 0 spiro atoms. The molecule has 2 aliphatic rings. The Morgan fingerprint density at radius 2 is 2.07 bits per heavy atom. The molecule has 1 saturated heterocycles. The molecule has 4 rings (SSSR count). The molecular weight excluding hydrogens is 404 g/mol. The number of amides is 1. The van der Waals surface area contributed by atoms with Crippen molar-refractivity contribution < 1.29 is 18.3 Å². The van der Waals surface area contributed by atoms with Gasteiger partial charge in [-0.3, -0.25) is 9.67 Å². The van der Waals surface area contributed by atoms with Crippen LogP contribution in [0.4, 0.5) is 19.3 Å². The number of fused-ring (bicyclic) bond motifs is 1. The van der Waals surface area contributed by atoms with Crippen LogP contribution in [0.2, 0.25) is 0 Å². The lowest BCUT2D eigenvalue weighted by molar-refractivity contribution is 0.0311. The molecule has 1 aliphatic heterocycles. The van der Waals surface area contributed by atoms with Gasteiger partial charge in [0.15, 0.2) is 6.61 Å². The van der Waals surface area contributed by atoms with E-state index in [2.05, 4.69) is 19.7 Å². The fourth-order valence-electron chi connectivity index (χ4n) is 3.69. The molecule has 0 bridgehead atoms. The third kappa shape index (κ3) is 3.91. The van der Waals surface area contributed by atoms with Crippen molar-refractivity contribution in [2.24, 2.45) is 7.05 Å². The lowest BCUT2D eigenvalue weighted by atomic mass is 10.1. The topological polar surface area (TPSA) is 63.5 Å². The summed E-state index contributed by atoms with van der Waals surface area (Å²) in [5.41, 5.74) is 4.73. The summed E-state index contributed by atoms with van der Waals surface area (Å²) in [6, 6.07) is 1.91. The molecule has 0 N–H and O–H groups in total. The van der Waals surface area contributed by atoms with Crippen molar-refractivity contribution in [2.45, 2.75) is 12.8 Å². The van der Waals surface area contributed by atoms with Gasteiger partial charge in [0.05, 0.1) is 16.9 Å². The summed E-state index contributed by atoms with van der Waals surface area (Å²) in [6.45, 7) is 0.986. The summed E-state index contributed by atoms with van der Waals surface area (Å²) in [5.74, 6) is 0. The third-order valence-electron chi connectivity index (χ3n) is 5.10. The summed E-state index contributed by atoms with van der Waals surface area (Å²) in [6.07, 6.45) is 2.73. The first kappa shape index (κ1) is 19.6. The predicted molar refractivity (Wildman–Crippen MR) is 105 cm³/mol. The van der Waals surface area contributed by atoms with Crippen LogP contribution >= 0.6 is 11.6 Å². The average Bonchev–Trinajstić information content (AvgIpc) is 3.29. The number of allylic oxidation sites excluding steroid dienone is 1. The van der Waals surface area contributed by atoms with E-state index in [1.807, 2.05) is 19.3 Å². The Hall–Kier alpha value is -2.68. The van der Waals surface area contributed by atoms with Crippen molar-refractivity contribution in [3.63, 3.8) is 0 Å². The Labute approximate surface area is 171 Å². The molecule has 2 aromatic rings. The fourth-order valence-corrected chi connectivity index (χ4v) is 4.07. The smallest absolute Gasteiger partial charge is 0.410 e. The number of carbonyl (C=O) groups is 1. The zero-order valence-electron chi connectivity index (χ0n) is 15.8. The summed E-state index contributed by atoms with van der Waals surface area (Å²) in [7, 11) is 1.86. The van der Waals surface area contributed by atoms with E-state index < -0.39 is 19.1 Å². The summed E-state index contributed by atoms with van der Waals surface area (Å²) < 4.78 is 30.8. The number of anilines is 1. The molecule has 0 aromatic carbocycles. The Bertz CT molecular complexity index is 954. The van der Waals surface area contributed by atoms with Crippen molar-refractivity contribution >= 4 is 34.0 Å². The second-order valence-electron chi connectivity index (χ2n) is 6.97. The number of piperazine rings is 1. The number of nitrogens with zero attached hydrogens (tertiary/aromatic N) is 5. The second-order valence-corrected chi connectivity index (χ2v) is 7.34. The highest BCUT2D eigenvalue weighted by Crippen LogP contribution is 2.44. The minimum absolute atomic E-state index is 0.385. The summed E-state index contributed by atoms with van der Waals surface area (Å²) >= 11 is 6.75. The third-order valence-corrected chi connectivity index (χ3v) is 5.52. The number of hydrogen-bond donors (Lipinski definition) is 0. The fraction of sp³-hybridized carbons (Fsp3) is 0.421. The Morgan fingerprint density at radius 3 is 2.72 bits per heavy atom. The lowest BCUT2D eigenvalue weighted by Gasteiger charge is -2.36. The lowest BCUT2D eigenvalue weighted by Crippen LogP contribution is -2.49. The number of carbonyl (C=O) groups excluding carboxylic acids is 1. The first-order valence-corrected chi connectivity index (χ1v) is 9.62. The Morgan fingerprint density at radius 1 is 1.31 bits per heavy atom. The van der Waals surface area contributed by atoms with Crippen LogP contribution in [-0.4, -0.2) is 65.0 Å². The van der Waals surface area contributed by atoms with E-state index in [-0.39, 0.29) is 0 Å². The van der Waals surface area contributed by atoms with Crippen LogP contribution < -0.4 is 4.90 Å². The van der Waals surface area contributed by atoms with Crippen molar-refractivity contribution in [3.8, 4) is 0 Å². The van der Waals surface area contributed by atoms with Gasteiger partial charge < -0.3 is 14.5 Å². The maximum absolute atomic E-state index is 12.2. The van der Waals surface area contributed by atoms with E-state index in [4.69, 9.17) is 11.6 Å². The highest BCUT2D eigenvalue weighted by atomic mass is 35.5. The van der Waals surface area contributed by atoms with Gasteiger partial charge in [0.2, 0.25) is 0 Å². The van der Waals surface area contributed by atoms with Crippen molar-refractivity contribution in [1.82, 2.24) is 19.7 Å². The number of rotatable bonds is 4. The van der Waals surface area contributed by atoms with Crippen LogP contribution in [0.1, 0.15) is 16.8 Å². The van der Waals surface area contributed by atoms with Crippen LogP contribution in [0.5, 0.6) is 0 Å². The zero-order chi connectivity index (χ0) is 20.5. The molecule has 1 fully saturated rings. The normalized spacial score (nSPS) is 16.6. The zero-order valence-corrected chi connectivity index (χ0v) is 16.6. The maximum Gasteiger partial charge on any atom is 0.410 e. The van der Waals surface area contributed by atoms with E-state index in [9.17, 15) is 13.6 Å². The van der Waals surface area contributed by atoms with Gasteiger partial charge in [-0.15, -0.1) is 0 Å². The van der Waals surface area contributed by atoms with Gasteiger partial charge in [0.1, 0.15) is 0 Å². The summed E-state index contributed by atoms with van der Waals surface area (Å²) in [4.78, 5) is 20.0. The molecule has 0 radical (unpaired) electrons. The van der Waals surface area contributed by atoms with Gasteiger partial charge in [0, 0.05) is 68.9 Å². The molecule has 2 aromatic heterocycles. The molecule has 0 unspecified atom stereocenters. The largest absolute Gasteiger partial charge is 0.443 e. The minimum Gasteiger partial charge on any atom is -0.443 e. The standard InChI is InChI=1S/C19H20ClF2N5O2/c1-25-10-12(9-24-25)13-8-14-17(18(13)20)15(2-3-23-14)26-4-6-27(7-5-26)19(28)29-11-16(21)22/h2-3,9-10,16H,4-8,11H2,1H3. The average molecular weight is 424 g/mol. The van der Waals surface area contributed by atoms with Gasteiger partial charge >= 0.3 is 6.09 Å². The molecule has 1 amide bonds. The van der Waals surface area contributed by atoms with E-state index in [0.29, 0.717) is 37.6 Å². The molecule has 3 heterocycles. The molecule has 154 valence electrons. The second kappa shape index (κ2) is 7.98. The van der Waals surface area contributed by atoms with Crippen LogP contribution in [0.25, 0.3) is 10.6 Å². The minimum atomic E-state index is -2.66. The SMILES string of the molecule is Cn1cc(C2=C(Cl)c3c(N4CCN(C(=O)OCC(F)F)CC4)ccnc3C2)cn1. The van der Waals surface area contributed by atoms with E-state index in [0.717, 1.165) is 28.1 Å². The predicted octanol–water partition coefficient (Wildman–Crippen LogP) is 3.00. The number of halogens is 3. The van der Waals surface area contributed by atoms with Crippen molar-refractivity contribution in [1.29, 1.82) is 0 Å². The monoisotopic (exact) mass is 423 g/mol. The molecule has 10 heteroatoms. The van der Waals surface area contributed by atoms with Gasteiger partial charge in [0.25, 0.3) is 6.43 Å². The first-order valence-electron chi connectivity index (χ1n) is 9.24. The molecule has 29 heavy (non-hydrogen) atoms. The van der Waals surface area contributed by atoms with Crippen LogP contribution in [0.15, 0.2) is 24.7 Å². The van der Waals surface area contributed by atoms with Crippen molar-refractivity contribution in [3.05, 3.63) is 41.5 Å². The van der Waals surface area contributed by atoms with Gasteiger partial charge in [-0.1, -0.05) is 11.6 Å². The number of aromatic nitrogens is 3. The Balaban J connectivity index is 1.50. The maximum atomic E-state index is 12.2. The molecule has 0 saturated carbocycles. The summed E-state index contributed by atoms with van der Waals surface area (Å²) in [5, 5.41) is 4.88. The number of ether oxygens (including phenoxy) is 1. The van der Waals surface area contributed by atoms with Gasteiger partial charge in [-0.25, -0.2) is 13.6 Å². The number of hydrogen-bond acceptors (Lipinski definition) is 5. The van der Waals surface area contributed by atoms with E-state index in [1.165, 1.54) is 4.90 Å². The van der Waals surface area contributed by atoms with Crippen molar-refractivity contribution in [2.75, 3.05) is 37.7 Å². The van der Waals surface area contributed by atoms with Gasteiger partial charge in [-0.05, 0) is 11.6 Å². The molecule has 7 nitrogen and oxygen atoms in total. The molecule has 0 atom stereocenters. The number of alkyl halides is 2.